The molecule has 0 heterocycles. The molecule has 0 saturated carbocycles. The fourth-order valence-corrected chi connectivity index (χ4v) is 0. The van der Waals surface area contributed by atoms with Gasteiger partial charge in [0, 0.05) is 33.6 Å². The summed E-state index contributed by atoms with van der Waals surface area (Å²) in [4.78, 5) is 0. The van der Waals surface area contributed by atoms with Gasteiger partial charge in [-0.05, 0) is 0 Å². The van der Waals surface area contributed by atoms with Crippen LogP contribution in [-0.4, -0.2) is 0 Å². The zero-order valence-corrected chi connectivity index (χ0v) is 7.63. The molecule has 0 saturated heterocycles. The van der Waals surface area contributed by atoms with E-state index in [1.807, 2.05) is 0 Å². The van der Waals surface area contributed by atoms with E-state index in [9.17, 15) is 0 Å². The van der Waals surface area contributed by atoms with Crippen molar-refractivity contribution in [2.75, 3.05) is 0 Å². The zero-order valence-electron chi connectivity index (χ0n) is 3.73. The summed E-state index contributed by atoms with van der Waals surface area (Å²) in [7, 11) is 0. The van der Waals surface area contributed by atoms with Crippen LogP contribution < -0.4 is 18.9 Å². The minimum absolute atomic E-state index is 0. The standard InChI is InChI=1S/Cu.Li.Ni.O.Zn.H/q;+1;;;;-1. The van der Waals surface area contributed by atoms with Crippen molar-refractivity contribution in [2.45, 2.75) is 0 Å². The van der Waals surface area contributed by atoms with Gasteiger partial charge in [0.2, 0.25) is 0 Å². The van der Waals surface area contributed by atoms with Gasteiger partial charge in [-0.3, -0.25) is 0 Å². The first-order chi connectivity index (χ1) is 1.00. The van der Waals surface area contributed by atoms with E-state index in [1.54, 1.807) is 0 Å². The number of rotatable bonds is 0. The predicted octanol–water partition coefficient (Wildman–Crippen LogP) is -3.01. The van der Waals surface area contributed by atoms with E-state index < -0.39 is 0 Å². The van der Waals surface area contributed by atoms with Gasteiger partial charge in [-0.25, -0.2) is 0 Å². The van der Waals surface area contributed by atoms with Gasteiger partial charge in [-0.2, -0.15) is 0 Å². The van der Waals surface area contributed by atoms with Crippen molar-refractivity contribution in [1.29, 1.82) is 0 Å². The fraction of sp³-hybridized carbons (Fsp3) is 0. The SMILES string of the molecule is [Cu].[H-].[Li+].[Ni].[O]=[Zn]. The first kappa shape index (κ1) is 27.8. The molecule has 0 aromatic heterocycles. The Balaban J connectivity index is -0.000000000833. The molecule has 0 aromatic rings. The summed E-state index contributed by atoms with van der Waals surface area (Å²) in [5.74, 6) is 0. The molecule has 0 aromatic carbocycles. The zero-order chi connectivity index (χ0) is 2.00. The second kappa shape index (κ2) is 37.0. The molecule has 5 heavy (non-hydrogen) atoms. The van der Waals surface area contributed by atoms with Gasteiger partial charge in [0.15, 0.2) is 0 Å². The molecule has 0 bridgehead atoms. The number of hydrogen-bond acceptors (Lipinski definition) is 1. The Morgan fingerprint density at radius 3 is 1.40 bits per heavy atom. The molecule has 0 N–H and O–H groups in total. The van der Waals surface area contributed by atoms with E-state index in [0.29, 0.717) is 0 Å². The van der Waals surface area contributed by atoms with Crippen molar-refractivity contribution >= 4 is 0 Å². The molecular formula is HCuLiNiOZn. The molecule has 0 atom stereocenters. The topological polar surface area (TPSA) is 17.1 Å². The third-order valence-electron chi connectivity index (χ3n) is 0. The molecule has 0 aliphatic rings. The molecule has 0 unspecified atom stereocenters. The molecule has 31 valence electrons. The van der Waals surface area contributed by atoms with Crippen molar-refractivity contribution in [3.63, 3.8) is 0 Å². The summed E-state index contributed by atoms with van der Waals surface area (Å²) in [6, 6.07) is 0. The minimum atomic E-state index is 0. The van der Waals surface area contributed by atoms with Crippen LogP contribution >= 0.6 is 0 Å². The molecular weight excluding hydrogens is 211 g/mol. The Morgan fingerprint density at radius 2 is 1.40 bits per heavy atom. The Hall–Kier alpha value is 2.03. The number of hydrogen-bond donors (Lipinski definition) is 0. The van der Waals surface area contributed by atoms with E-state index in [2.05, 4.69) is 0 Å². The molecule has 0 aliphatic carbocycles. The molecule has 0 fully saturated rings. The van der Waals surface area contributed by atoms with Gasteiger partial charge in [0.25, 0.3) is 0 Å². The van der Waals surface area contributed by atoms with Crippen LogP contribution in [0, 0.1) is 0 Å². The Labute approximate surface area is 75.0 Å². The molecule has 1 radical (unpaired) electrons. The van der Waals surface area contributed by atoms with Crippen molar-refractivity contribution in [2.24, 2.45) is 0 Å². The van der Waals surface area contributed by atoms with Gasteiger partial charge in [-0.15, -0.1) is 0 Å². The Morgan fingerprint density at radius 1 is 1.40 bits per heavy atom. The average molecular weight is 212 g/mol. The molecule has 0 spiro atoms. The Bertz CT molecular complexity index is 15.5. The molecule has 5 heteroatoms. The average Bonchev–Trinajstić information content (AvgIpc) is 1.00. The van der Waals surface area contributed by atoms with Crippen LogP contribution in [0.1, 0.15) is 1.43 Å². The molecule has 0 rings (SSSR count). The summed E-state index contributed by atoms with van der Waals surface area (Å²) in [5, 5.41) is 0. The van der Waals surface area contributed by atoms with Crippen molar-refractivity contribution in [1.82, 2.24) is 0 Å². The summed E-state index contributed by atoms with van der Waals surface area (Å²) < 4.78 is 8.38. The first-order valence-corrected chi connectivity index (χ1v) is 1.50. The maximum absolute atomic E-state index is 8.38. The van der Waals surface area contributed by atoms with Crippen LogP contribution in [0.5, 0.6) is 0 Å². The second-order valence-corrected chi connectivity index (χ2v) is 0. The Kier molecular flexibility index (Phi) is 206. The van der Waals surface area contributed by atoms with E-state index >= 15 is 0 Å². The first-order valence-electron chi connectivity index (χ1n) is 0.289. The fourth-order valence-electron chi connectivity index (χ4n) is 0. The third kappa shape index (κ3) is 23.7. The third-order valence-corrected chi connectivity index (χ3v) is 0. The second-order valence-electron chi connectivity index (χ2n) is 0. The van der Waals surface area contributed by atoms with Crippen molar-refractivity contribution in [3.8, 4) is 0 Å². The van der Waals surface area contributed by atoms with Gasteiger partial charge in [-0.1, -0.05) is 0 Å². The van der Waals surface area contributed by atoms with E-state index in [1.165, 1.54) is 0 Å². The maximum atomic E-state index is 8.38. The van der Waals surface area contributed by atoms with Crippen LogP contribution in [0.4, 0.5) is 0 Å². The van der Waals surface area contributed by atoms with Crippen molar-refractivity contribution < 1.29 is 75.7 Å². The summed E-state index contributed by atoms with van der Waals surface area (Å²) in [5.41, 5.74) is 0. The molecule has 1 nitrogen and oxygen atoms in total. The van der Waals surface area contributed by atoms with E-state index in [4.69, 9.17) is 3.57 Å². The summed E-state index contributed by atoms with van der Waals surface area (Å²) >= 11 is 0.125. The normalized spacial score (nSPS) is 1.20. The van der Waals surface area contributed by atoms with Gasteiger partial charge in [0.05, 0.1) is 0 Å². The van der Waals surface area contributed by atoms with E-state index in [0.717, 1.165) is 0 Å². The monoisotopic (exact) mass is 209 g/mol. The van der Waals surface area contributed by atoms with Crippen LogP contribution in [0.3, 0.4) is 0 Å². The van der Waals surface area contributed by atoms with E-state index in [-0.39, 0.29) is 72.1 Å². The quantitative estimate of drug-likeness (QED) is 0.390. The summed E-state index contributed by atoms with van der Waals surface area (Å²) in [6.45, 7) is 0. The summed E-state index contributed by atoms with van der Waals surface area (Å²) in [6.07, 6.45) is 0. The van der Waals surface area contributed by atoms with Crippen LogP contribution in [0.2, 0.25) is 0 Å². The predicted molar refractivity (Wildman–Crippen MR) is 1.80 cm³/mol. The van der Waals surface area contributed by atoms with Crippen molar-refractivity contribution in [3.05, 3.63) is 0 Å². The molecule has 0 aliphatic heterocycles. The van der Waals surface area contributed by atoms with Crippen LogP contribution in [0.25, 0.3) is 0 Å². The molecule has 0 amide bonds. The van der Waals surface area contributed by atoms with Gasteiger partial charge in [0.1, 0.15) is 0 Å². The van der Waals surface area contributed by atoms with Gasteiger partial charge < -0.3 is 1.43 Å². The van der Waals surface area contributed by atoms with Gasteiger partial charge >= 0.3 is 40.7 Å². The van der Waals surface area contributed by atoms with Crippen LogP contribution in [-0.2, 0) is 55.4 Å². The van der Waals surface area contributed by atoms with Crippen LogP contribution in [0.15, 0.2) is 0 Å².